The first-order chi connectivity index (χ1) is 10.6. The lowest BCUT2D eigenvalue weighted by atomic mass is 10.2. The Labute approximate surface area is 125 Å². The molecule has 0 radical (unpaired) electrons. The van der Waals surface area contributed by atoms with Gasteiger partial charge in [0.25, 0.3) is 5.56 Å². The van der Waals surface area contributed by atoms with Gasteiger partial charge in [0, 0.05) is 19.7 Å². The van der Waals surface area contributed by atoms with Crippen LogP contribution in [-0.4, -0.2) is 19.1 Å². The van der Waals surface area contributed by atoms with E-state index in [2.05, 4.69) is 21.8 Å². The Bertz CT molecular complexity index is 1040. The fourth-order valence-electron chi connectivity index (χ4n) is 2.04. The van der Waals surface area contributed by atoms with Crippen molar-refractivity contribution in [2.75, 3.05) is 0 Å². The van der Waals surface area contributed by atoms with Crippen LogP contribution in [0.3, 0.4) is 0 Å². The fraction of sp³-hybridized carbons (Fsp3) is 0.125. The minimum Gasteiger partial charge on any atom is -0.279 e. The Balaban J connectivity index is 2.18. The van der Waals surface area contributed by atoms with Crippen LogP contribution in [0.1, 0.15) is 11.3 Å². The number of hydrogen-bond donors (Lipinski definition) is 0. The fourth-order valence-corrected chi connectivity index (χ4v) is 2.04. The van der Waals surface area contributed by atoms with Gasteiger partial charge >= 0.3 is 5.69 Å². The first-order valence-corrected chi connectivity index (χ1v) is 6.58. The molecule has 3 aromatic rings. The van der Waals surface area contributed by atoms with Crippen LogP contribution in [0.5, 0.6) is 0 Å². The zero-order chi connectivity index (χ0) is 15.7. The highest BCUT2D eigenvalue weighted by Gasteiger charge is 2.10. The first kappa shape index (κ1) is 13.8. The van der Waals surface area contributed by atoms with Gasteiger partial charge in [-0.25, -0.2) is 14.8 Å². The molecule has 0 bridgehead atoms. The van der Waals surface area contributed by atoms with Crippen molar-refractivity contribution in [1.29, 1.82) is 0 Å². The molecule has 0 aliphatic rings. The summed E-state index contributed by atoms with van der Waals surface area (Å²) in [5.74, 6) is 5.85. The van der Waals surface area contributed by atoms with Gasteiger partial charge in [0.15, 0.2) is 11.2 Å². The van der Waals surface area contributed by atoms with Crippen molar-refractivity contribution in [1.82, 2.24) is 19.1 Å². The molecule has 0 amide bonds. The summed E-state index contributed by atoms with van der Waals surface area (Å²) < 4.78 is 2.30. The molecule has 1 aromatic carbocycles. The molecule has 2 heterocycles. The largest absolute Gasteiger partial charge is 0.332 e. The van der Waals surface area contributed by atoms with E-state index in [0.717, 1.165) is 10.1 Å². The molecule has 0 aliphatic carbocycles. The van der Waals surface area contributed by atoms with Crippen molar-refractivity contribution in [3.05, 3.63) is 68.6 Å². The zero-order valence-electron chi connectivity index (χ0n) is 12.1. The maximum absolute atomic E-state index is 12.0. The van der Waals surface area contributed by atoms with Crippen molar-refractivity contribution < 1.29 is 0 Å². The number of fused-ring (bicyclic) bond motifs is 1. The van der Waals surface area contributed by atoms with Crippen LogP contribution in [0.2, 0.25) is 0 Å². The molecule has 0 aliphatic heterocycles. The molecule has 0 saturated carbocycles. The second-order valence-corrected chi connectivity index (χ2v) is 4.75. The molecular weight excluding hydrogens is 280 g/mol. The van der Waals surface area contributed by atoms with Crippen LogP contribution in [0, 0.1) is 11.8 Å². The molecule has 0 fully saturated rings. The monoisotopic (exact) mass is 292 g/mol. The summed E-state index contributed by atoms with van der Waals surface area (Å²) in [6, 6.07) is 9.46. The lowest BCUT2D eigenvalue weighted by Crippen LogP contribution is -2.37. The molecule has 0 spiro atoms. The summed E-state index contributed by atoms with van der Waals surface area (Å²) in [5.41, 5.74) is 0.720. The van der Waals surface area contributed by atoms with Crippen LogP contribution in [0.15, 0.2) is 46.1 Å². The van der Waals surface area contributed by atoms with Gasteiger partial charge in [0.2, 0.25) is 0 Å². The van der Waals surface area contributed by atoms with E-state index >= 15 is 0 Å². The second kappa shape index (κ2) is 5.30. The molecule has 6 nitrogen and oxygen atoms in total. The zero-order valence-corrected chi connectivity index (χ0v) is 12.1. The molecule has 0 saturated heterocycles. The Hall–Kier alpha value is -3.20. The van der Waals surface area contributed by atoms with Crippen LogP contribution in [0.25, 0.3) is 11.2 Å². The smallest absolute Gasteiger partial charge is 0.279 e. The quantitative estimate of drug-likeness (QED) is 0.563. The number of hydrogen-bond acceptors (Lipinski definition) is 4. The van der Waals surface area contributed by atoms with E-state index in [1.54, 1.807) is 7.05 Å². The van der Waals surface area contributed by atoms with Crippen molar-refractivity contribution in [2.24, 2.45) is 14.1 Å². The van der Waals surface area contributed by atoms with Gasteiger partial charge in [-0.2, -0.15) is 0 Å². The van der Waals surface area contributed by atoms with Gasteiger partial charge < -0.3 is 0 Å². The van der Waals surface area contributed by atoms with Gasteiger partial charge in [-0.15, -0.1) is 0 Å². The molecule has 3 rings (SSSR count). The summed E-state index contributed by atoms with van der Waals surface area (Å²) in [6.45, 7) is 0. The number of benzene rings is 1. The number of aryl methyl sites for hydroxylation is 1. The van der Waals surface area contributed by atoms with E-state index in [9.17, 15) is 9.59 Å². The van der Waals surface area contributed by atoms with Crippen LogP contribution in [-0.2, 0) is 14.1 Å². The van der Waals surface area contributed by atoms with Crippen molar-refractivity contribution in [3.63, 3.8) is 0 Å². The predicted molar refractivity (Wildman–Crippen MR) is 82.4 cm³/mol. The van der Waals surface area contributed by atoms with E-state index in [0.29, 0.717) is 5.69 Å². The molecular formula is C16H12N4O2. The molecule has 22 heavy (non-hydrogen) atoms. The highest BCUT2D eigenvalue weighted by molar-refractivity contribution is 5.69. The van der Waals surface area contributed by atoms with Crippen molar-refractivity contribution in [2.45, 2.75) is 0 Å². The van der Waals surface area contributed by atoms with Crippen molar-refractivity contribution in [3.8, 4) is 11.8 Å². The SMILES string of the molecule is Cn1c(=O)c2ncc(C#Cc3ccccc3)nc2n(C)c1=O. The van der Waals surface area contributed by atoms with Gasteiger partial charge in [-0.05, 0) is 18.1 Å². The van der Waals surface area contributed by atoms with Crippen LogP contribution >= 0.6 is 0 Å². The normalized spacial score (nSPS) is 10.3. The highest BCUT2D eigenvalue weighted by atomic mass is 16.2. The van der Waals surface area contributed by atoms with E-state index in [1.165, 1.54) is 17.8 Å². The molecule has 108 valence electrons. The van der Waals surface area contributed by atoms with E-state index < -0.39 is 11.2 Å². The first-order valence-electron chi connectivity index (χ1n) is 6.58. The van der Waals surface area contributed by atoms with Gasteiger partial charge in [-0.1, -0.05) is 24.1 Å². The summed E-state index contributed by atoms with van der Waals surface area (Å²) in [7, 11) is 2.96. The average molecular weight is 292 g/mol. The van der Waals surface area contributed by atoms with Crippen LogP contribution < -0.4 is 11.2 Å². The Morgan fingerprint density at radius 2 is 1.73 bits per heavy atom. The third-order valence-electron chi connectivity index (χ3n) is 3.26. The van der Waals surface area contributed by atoms with Gasteiger partial charge in [-0.3, -0.25) is 13.9 Å². The Morgan fingerprint density at radius 3 is 2.45 bits per heavy atom. The van der Waals surface area contributed by atoms with E-state index in [-0.39, 0.29) is 11.2 Å². The molecule has 6 heteroatoms. The predicted octanol–water partition coefficient (Wildman–Crippen LogP) is 0.427. The second-order valence-electron chi connectivity index (χ2n) is 4.75. The number of nitrogens with zero attached hydrogens (tertiary/aromatic N) is 4. The summed E-state index contributed by atoms with van der Waals surface area (Å²) >= 11 is 0. The minimum absolute atomic E-state index is 0.148. The molecule has 0 unspecified atom stereocenters. The lowest BCUT2D eigenvalue weighted by Gasteiger charge is -2.05. The van der Waals surface area contributed by atoms with E-state index in [1.807, 2.05) is 30.3 Å². The minimum atomic E-state index is -0.465. The summed E-state index contributed by atoms with van der Waals surface area (Å²) in [4.78, 5) is 32.3. The molecule has 0 N–H and O–H groups in total. The maximum Gasteiger partial charge on any atom is 0.332 e. The Kier molecular flexibility index (Phi) is 3.31. The number of aromatic nitrogens is 4. The standard InChI is InChI=1S/C16H12N4O2/c1-19-14-13(15(21)20(2)16(19)22)17-10-12(18-14)9-8-11-6-4-3-5-7-11/h3-7,10H,1-2H3. The Morgan fingerprint density at radius 1 is 1.00 bits per heavy atom. The topological polar surface area (TPSA) is 69.8 Å². The number of rotatable bonds is 0. The van der Waals surface area contributed by atoms with Gasteiger partial charge in [0.05, 0.1) is 6.20 Å². The third-order valence-corrected chi connectivity index (χ3v) is 3.26. The lowest BCUT2D eigenvalue weighted by molar-refractivity contribution is 0.704. The summed E-state index contributed by atoms with van der Waals surface area (Å²) in [5, 5.41) is 0. The third kappa shape index (κ3) is 2.29. The average Bonchev–Trinajstić information content (AvgIpc) is 2.57. The molecule has 0 atom stereocenters. The maximum atomic E-state index is 12.0. The summed E-state index contributed by atoms with van der Waals surface area (Å²) in [6.07, 6.45) is 1.43. The van der Waals surface area contributed by atoms with Gasteiger partial charge in [0.1, 0.15) is 5.69 Å². The molecule has 2 aromatic heterocycles. The van der Waals surface area contributed by atoms with E-state index in [4.69, 9.17) is 0 Å². The van der Waals surface area contributed by atoms with Crippen molar-refractivity contribution >= 4 is 11.2 Å². The van der Waals surface area contributed by atoms with Crippen LogP contribution in [0.4, 0.5) is 0 Å². The highest BCUT2D eigenvalue weighted by Crippen LogP contribution is 2.02.